The molecule has 1 fully saturated rings. The van der Waals surface area contributed by atoms with E-state index in [1.165, 1.54) is 12.0 Å². The molecule has 0 spiro atoms. The quantitative estimate of drug-likeness (QED) is 0.839. The summed E-state index contributed by atoms with van der Waals surface area (Å²) in [6.45, 7) is 5.11. The highest BCUT2D eigenvalue weighted by atomic mass is 16.5. The van der Waals surface area contributed by atoms with Gasteiger partial charge in [-0.3, -0.25) is 0 Å². The third kappa shape index (κ3) is 3.72. The fraction of sp³-hybridized carbons (Fsp3) is 0.600. The second-order valence-electron chi connectivity index (χ2n) is 4.96. The van der Waals surface area contributed by atoms with Gasteiger partial charge in [-0.25, -0.2) is 0 Å². The average molecular weight is 249 g/mol. The van der Waals surface area contributed by atoms with E-state index in [0.717, 1.165) is 31.9 Å². The van der Waals surface area contributed by atoms with Gasteiger partial charge in [0, 0.05) is 12.6 Å². The summed E-state index contributed by atoms with van der Waals surface area (Å²) < 4.78 is 10.6. The average Bonchev–Trinajstić information content (AvgIpc) is 2.93. The predicted octanol–water partition coefficient (Wildman–Crippen LogP) is 2.25. The van der Waals surface area contributed by atoms with E-state index in [1.807, 2.05) is 12.1 Å². The zero-order valence-corrected chi connectivity index (χ0v) is 11.3. The van der Waals surface area contributed by atoms with Crippen LogP contribution in [0.15, 0.2) is 24.3 Å². The molecule has 1 aliphatic rings. The minimum atomic E-state index is 0.547. The first kappa shape index (κ1) is 13.4. The van der Waals surface area contributed by atoms with Crippen molar-refractivity contribution in [1.29, 1.82) is 0 Å². The van der Waals surface area contributed by atoms with Crippen molar-refractivity contribution < 1.29 is 9.47 Å². The maximum absolute atomic E-state index is 5.41. The fourth-order valence-corrected chi connectivity index (χ4v) is 2.35. The van der Waals surface area contributed by atoms with Gasteiger partial charge in [-0.15, -0.1) is 0 Å². The van der Waals surface area contributed by atoms with Crippen LogP contribution in [0.1, 0.15) is 18.9 Å². The van der Waals surface area contributed by atoms with E-state index < -0.39 is 0 Å². The van der Waals surface area contributed by atoms with Gasteiger partial charge in [0.2, 0.25) is 0 Å². The van der Waals surface area contributed by atoms with E-state index in [9.17, 15) is 0 Å². The van der Waals surface area contributed by atoms with Gasteiger partial charge in [0.15, 0.2) is 0 Å². The van der Waals surface area contributed by atoms with Gasteiger partial charge in [-0.2, -0.15) is 0 Å². The molecule has 0 saturated carbocycles. The lowest BCUT2D eigenvalue weighted by Gasteiger charge is -2.19. The highest BCUT2D eigenvalue weighted by Crippen LogP contribution is 2.16. The van der Waals surface area contributed by atoms with Crippen molar-refractivity contribution in [2.24, 2.45) is 5.92 Å². The van der Waals surface area contributed by atoms with Crippen LogP contribution in [-0.4, -0.2) is 32.9 Å². The smallest absolute Gasteiger partial charge is 0.118 e. The largest absolute Gasteiger partial charge is 0.497 e. The molecule has 0 aliphatic carbocycles. The van der Waals surface area contributed by atoms with Gasteiger partial charge in [0.25, 0.3) is 0 Å². The van der Waals surface area contributed by atoms with Crippen molar-refractivity contribution in [1.82, 2.24) is 5.32 Å². The summed E-state index contributed by atoms with van der Waals surface area (Å²) in [7, 11) is 1.70. The zero-order chi connectivity index (χ0) is 12.8. The van der Waals surface area contributed by atoms with Crippen molar-refractivity contribution in [2.75, 3.05) is 26.9 Å². The molecular formula is C15H23NO2. The van der Waals surface area contributed by atoms with Crippen molar-refractivity contribution in [3.05, 3.63) is 29.8 Å². The van der Waals surface area contributed by atoms with Crippen molar-refractivity contribution in [2.45, 2.75) is 25.8 Å². The van der Waals surface area contributed by atoms with Gasteiger partial charge >= 0.3 is 0 Å². The molecule has 2 rings (SSSR count). The summed E-state index contributed by atoms with van der Waals surface area (Å²) in [6.07, 6.45) is 2.25. The van der Waals surface area contributed by atoms with Crippen LogP contribution in [0, 0.1) is 5.92 Å². The van der Waals surface area contributed by atoms with Crippen LogP contribution in [-0.2, 0) is 11.2 Å². The van der Waals surface area contributed by atoms with Crippen LogP contribution in [0.2, 0.25) is 0 Å². The predicted molar refractivity (Wildman–Crippen MR) is 73.1 cm³/mol. The van der Waals surface area contributed by atoms with Gasteiger partial charge in [0.1, 0.15) is 5.75 Å². The first-order valence-corrected chi connectivity index (χ1v) is 6.73. The summed E-state index contributed by atoms with van der Waals surface area (Å²) in [4.78, 5) is 0. The number of ether oxygens (including phenoxy) is 2. The Balaban J connectivity index is 1.70. The molecule has 1 N–H and O–H groups in total. The second-order valence-corrected chi connectivity index (χ2v) is 4.96. The molecular weight excluding hydrogens is 226 g/mol. The molecule has 2 atom stereocenters. The molecule has 3 nitrogen and oxygen atoms in total. The minimum Gasteiger partial charge on any atom is -0.497 e. The Labute approximate surface area is 109 Å². The van der Waals surface area contributed by atoms with Gasteiger partial charge < -0.3 is 14.8 Å². The molecule has 1 aromatic carbocycles. The lowest BCUT2D eigenvalue weighted by Crippen LogP contribution is -2.35. The highest BCUT2D eigenvalue weighted by molar-refractivity contribution is 5.27. The Morgan fingerprint density at radius 2 is 2.17 bits per heavy atom. The number of methoxy groups -OCH3 is 1. The fourth-order valence-electron chi connectivity index (χ4n) is 2.35. The maximum Gasteiger partial charge on any atom is 0.118 e. The topological polar surface area (TPSA) is 30.5 Å². The SMILES string of the molecule is COc1ccc(CCNC(C)C2CCOC2)cc1. The van der Waals surface area contributed by atoms with Gasteiger partial charge in [-0.05, 0) is 49.9 Å². The summed E-state index contributed by atoms with van der Waals surface area (Å²) >= 11 is 0. The van der Waals surface area contributed by atoms with Crippen LogP contribution in [0.3, 0.4) is 0 Å². The first-order valence-electron chi connectivity index (χ1n) is 6.73. The lowest BCUT2D eigenvalue weighted by atomic mass is 10.0. The Kier molecular flexibility index (Phi) is 5.02. The number of hydrogen-bond donors (Lipinski definition) is 1. The van der Waals surface area contributed by atoms with Crippen molar-refractivity contribution in [3.63, 3.8) is 0 Å². The van der Waals surface area contributed by atoms with E-state index in [-0.39, 0.29) is 0 Å². The molecule has 0 amide bonds. The van der Waals surface area contributed by atoms with Crippen molar-refractivity contribution >= 4 is 0 Å². The monoisotopic (exact) mass is 249 g/mol. The molecule has 18 heavy (non-hydrogen) atoms. The summed E-state index contributed by atoms with van der Waals surface area (Å²) in [5.41, 5.74) is 1.35. The van der Waals surface area contributed by atoms with Gasteiger partial charge in [-0.1, -0.05) is 12.1 Å². The summed E-state index contributed by atoms with van der Waals surface area (Å²) in [5, 5.41) is 3.59. The Bertz CT molecular complexity index is 344. The number of benzene rings is 1. The van der Waals surface area contributed by atoms with Crippen LogP contribution in [0.5, 0.6) is 5.75 Å². The molecule has 3 heteroatoms. The third-order valence-corrected chi connectivity index (χ3v) is 3.71. The molecule has 1 heterocycles. The van der Waals surface area contributed by atoms with E-state index in [0.29, 0.717) is 12.0 Å². The number of rotatable bonds is 6. The Morgan fingerprint density at radius 3 is 2.78 bits per heavy atom. The molecule has 0 bridgehead atoms. The molecule has 2 unspecified atom stereocenters. The molecule has 0 aromatic heterocycles. The minimum absolute atomic E-state index is 0.547. The Morgan fingerprint density at radius 1 is 1.39 bits per heavy atom. The molecule has 1 saturated heterocycles. The normalized spacial score (nSPS) is 20.9. The first-order chi connectivity index (χ1) is 8.79. The highest BCUT2D eigenvalue weighted by Gasteiger charge is 2.21. The third-order valence-electron chi connectivity index (χ3n) is 3.71. The van der Waals surface area contributed by atoms with Crippen LogP contribution >= 0.6 is 0 Å². The van der Waals surface area contributed by atoms with E-state index in [4.69, 9.17) is 9.47 Å². The number of hydrogen-bond acceptors (Lipinski definition) is 3. The molecule has 100 valence electrons. The number of nitrogens with one attached hydrogen (secondary N) is 1. The second kappa shape index (κ2) is 6.76. The summed E-state index contributed by atoms with van der Waals surface area (Å²) in [5.74, 6) is 1.60. The zero-order valence-electron chi connectivity index (χ0n) is 11.3. The van der Waals surface area contributed by atoms with E-state index in [2.05, 4.69) is 24.4 Å². The van der Waals surface area contributed by atoms with E-state index >= 15 is 0 Å². The van der Waals surface area contributed by atoms with Crippen LogP contribution in [0.25, 0.3) is 0 Å². The molecule has 1 aromatic rings. The Hall–Kier alpha value is -1.06. The van der Waals surface area contributed by atoms with E-state index in [1.54, 1.807) is 7.11 Å². The van der Waals surface area contributed by atoms with Gasteiger partial charge in [0.05, 0.1) is 13.7 Å². The standard InChI is InChI=1S/C15H23NO2/c1-12(14-8-10-18-11-14)16-9-7-13-3-5-15(17-2)6-4-13/h3-6,12,14,16H,7-11H2,1-2H3. The molecule has 0 radical (unpaired) electrons. The molecule has 1 aliphatic heterocycles. The van der Waals surface area contributed by atoms with Crippen LogP contribution < -0.4 is 10.1 Å². The summed E-state index contributed by atoms with van der Waals surface area (Å²) in [6, 6.07) is 8.84. The van der Waals surface area contributed by atoms with Crippen LogP contribution in [0.4, 0.5) is 0 Å². The van der Waals surface area contributed by atoms with Crippen molar-refractivity contribution in [3.8, 4) is 5.75 Å². The maximum atomic E-state index is 5.41. The lowest BCUT2D eigenvalue weighted by molar-refractivity contribution is 0.178.